The highest BCUT2D eigenvalue weighted by molar-refractivity contribution is 7.91. The average Bonchev–Trinajstić information content (AvgIpc) is 2.67. The summed E-state index contributed by atoms with van der Waals surface area (Å²) in [7, 11) is -8.53. The zero-order valence-corrected chi connectivity index (χ0v) is 18.9. The molecular formula is C18H18ClN5O6S2. The molecule has 32 heavy (non-hydrogen) atoms. The Balaban J connectivity index is 1.70. The van der Waals surface area contributed by atoms with Crippen molar-refractivity contribution in [2.45, 2.75) is 11.8 Å². The smallest absolute Gasteiger partial charge is 0.324 e. The first kappa shape index (κ1) is 23.8. The quantitative estimate of drug-likeness (QED) is 0.371. The highest BCUT2D eigenvalue weighted by Crippen LogP contribution is 2.21. The lowest BCUT2D eigenvalue weighted by atomic mass is 10.2. The van der Waals surface area contributed by atoms with E-state index in [4.69, 9.17) is 16.2 Å². The molecule has 1 heterocycles. The number of nitrogens with one attached hydrogen (secondary N) is 2. The van der Waals surface area contributed by atoms with Gasteiger partial charge in [0, 0.05) is 11.4 Å². The van der Waals surface area contributed by atoms with Crippen LogP contribution in [0.25, 0.3) is 0 Å². The van der Waals surface area contributed by atoms with E-state index in [0.29, 0.717) is 5.69 Å². The van der Waals surface area contributed by atoms with Gasteiger partial charge in [0.05, 0.1) is 17.3 Å². The fourth-order valence-corrected chi connectivity index (χ4v) is 4.20. The van der Waals surface area contributed by atoms with E-state index < -0.39 is 32.6 Å². The van der Waals surface area contributed by atoms with E-state index in [-0.39, 0.29) is 22.1 Å². The summed E-state index contributed by atoms with van der Waals surface area (Å²) in [4.78, 5) is 12.2. The predicted octanol–water partition coefficient (Wildman–Crippen LogP) is 2.91. The summed E-state index contributed by atoms with van der Waals surface area (Å²) < 4.78 is 58.1. The fraction of sp³-hybridized carbons (Fsp3) is 0.167. The number of halogens is 1. The Hall–Kier alpha value is -2.84. The van der Waals surface area contributed by atoms with Crippen LogP contribution in [0.15, 0.2) is 53.4 Å². The van der Waals surface area contributed by atoms with E-state index in [9.17, 15) is 16.8 Å². The summed E-state index contributed by atoms with van der Waals surface area (Å²) in [5.41, 5.74) is 2.29. The molecule has 0 aliphatic carbocycles. The van der Waals surface area contributed by atoms with Gasteiger partial charge < -0.3 is 10.6 Å². The lowest BCUT2D eigenvalue weighted by Gasteiger charge is -2.10. The van der Waals surface area contributed by atoms with Gasteiger partial charge >= 0.3 is 10.4 Å². The van der Waals surface area contributed by atoms with Crippen LogP contribution >= 0.6 is 11.6 Å². The van der Waals surface area contributed by atoms with Gasteiger partial charge in [-0.15, -0.1) is 0 Å². The number of aromatic nitrogens is 3. The number of sulfone groups is 1. The maximum Gasteiger partial charge on any atom is 0.397 e. The van der Waals surface area contributed by atoms with Gasteiger partial charge in [-0.2, -0.15) is 23.4 Å². The van der Waals surface area contributed by atoms with Crippen LogP contribution < -0.4 is 10.6 Å². The SMILES string of the molecule is Cc1cccc(Nc2nc(Cl)nc(Nc3ccc(S(=O)(=O)CCOS(=O)(=O)O)cc3)n2)c1. The minimum absolute atomic E-state index is 0.0457. The molecular weight excluding hydrogens is 482 g/mol. The van der Waals surface area contributed by atoms with Gasteiger partial charge in [0.1, 0.15) is 0 Å². The third kappa shape index (κ3) is 7.10. The van der Waals surface area contributed by atoms with Crippen molar-refractivity contribution in [1.82, 2.24) is 15.0 Å². The molecule has 0 atom stereocenters. The molecule has 2 aromatic carbocycles. The molecule has 0 fully saturated rings. The second-order valence-electron chi connectivity index (χ2n) is 6.46. The minimum Gasteiger partial charge on any atom is -0.324 e. The molecule has 0 aliphatic heterocycles. The monoisotopic (exact) mass is 499 g/mol. The van der Waals surface area contributed by atoms with Crippen LogP contribution in [0.4, 0.5) is 23.3 Å². The molecule has 0 amide bonds. The third-order valence-corrected chi connectivity index (χ3v) is 6.26. The molecule has 1 aromatic heterocycles. The molecule has 0 aliphatic rings. The number of hydrogen-bond donors (Lipinski definition) is 3. The molecule has 0 unspecified atom stereocenters. The molecule has 0 spiro atoms. The van der Waals surface area contributed by atoms with Crippen molar-refractivity contribution < 1.29 is 25.6 Å². The Morgan fingerprint density at radius 2 is 1.56 bits per heavy atom. The number of anilines is 4. The van der Waals surface area contributed by atoms with Gasteiger partial charge in [-0.25, -0.2) is 12.6 Å². The van der Waals surface area contributed by atoms with Crippen LogP contribution in [0, 0.1) is 6.92 Å². The van der Waals surface area contributed by atoms with Gasteiger partial charge in [0.2, 0.25) is 17.2 Å². The Morgan fingerprint density at radius 3 is 2.16 bits per heavy atom. The highest BCUT2D eigenvalue weighted by atomic mass is 35.5. The third-order valence-electron chi connectivity index (χ3n) is 3.94. The molecule has 3 aromatic rings. The molecule has 3 N–H and O–H groups in total. The van der Waals surface area contributed by atoms with Gasteiger partial charge in [0.25, 0.3) is 0 Å². The summed E-state index contributed by atoms with van der Waals surface area (Å²) >= 11 is 5.99. The van der Waals surface area contributed by atoms with Gasteiger partial charge in [-0.1, -0.05) is 12.1 Å². The van der Waals surface area contributed by atoms with Crippen molar-refractivity contribution in [3.63, 3.8) is 0 Å². The number of aryl methyl sites for hydroxylation is 1. The number of benzene rings is 2. The van der Waals surface area contributed by atoms with Crippen molar-refractivity contribution in [3.05, 3.63) is 59.4 Å². The largest absolute Gasteiger partial charge is 0.397 e. The van der Waals surface area contributed by atoms with Crippen LogP contribution in [-0.2, 0) is 24.4 Å². The number of nitrogens with zero attached hydrogens (tertiary/aromatic N) is 3. The zero-order valence-electron chi connectivity index (χ0n) is 16.6. The topological polar surface area (TPSA) is 160 Å². The van der Waals surface area contributed by atoms with Crippen LogP contribution in [0.5, 0.6) is 0 Å². The van der Waals surface area contributed by atoms with E-state index in [0.717, 1.165) is 11.3 Å². The lowest BCUT2D eigenvalue weighted by molar-refractivity contribution is 0.284. The van der Waals surface area contributed by atoms with E-state index in [2.05, 4.69) is 29.8 Å². The van der Waals surface area contributed by atoms with Crippen molar-refractivity contribution >= 4 is 55.1 Å². The Bertz CT molecular complexity index is 1320. The Kier molecular flexibility index (Phi) is 7.26. The average molecular weight is 500 g/mol. The van der Waals surface area contributed by atoms with E-state index in [1.54, 1.807) is 0 Å². The van der Waals surface area contributed by atoms with Crippen LogP contribution in [0.1, 0.15) is 5.56 Å². The first-order valence-electron chi connectivity index (χ1n) is 8.97. The summed E-state index contributed by atoms with van der Waals surface area (Å²) in [6.45, 7) is 1.24. The maximum absolute atomic E-state index is 12.2. The van der Waals surface area contributed by atoms with Gasteiger partial charge in [-0.3, -0.25) is 4.55 Å². The molecule has 11 nitrogen and oxygen atoms in total. The summed E-state index contributed by atoms with van der Waals surface area (Å²) in [6.07, 6.45) is 0. The van der Waals surface area contributed by atoms with Gasteiger partial charge in [-0.05, 0) is 60.5 Å². The summed E-state index contributed by atoms with van der Waals surface area (Å²) in [6, 6.07) is 13.2. The number of hydrogen-bond acceptors (Lipinski definition) is 10. The highest BCUT2D eigenvalue weighted by Gasteiger charge is 2.16. The van der Waals surface area contributed by atoms with Crippen molar-refractivity contribution in [3.8, 4) is 0 Å². The van der Waals surface area contributed by atoms with Crippen LogP contribution in [-0.4, -0.2) is 48.7 Å². The van der Waals surface area contributed by atoms with Crippen molar-refractivity contribution in [2.75, 3.05) is 23.0 Å². The fourth-order valence-electron chi connectivity index (χ4n) is 2.56. The summed E-state index contributed by atoms with van der Waals surface area (Å²) in [5, 5.41) is 5.89. The molecule has 3 rings (SSSR count). The summed E-state index contributed by atoms with van der Waals surface area (Å²) in [5.74, 6) is -0.273. The van der Waals surface area contributed by atoms with Crippen LogP contribution in [0.2, 0.25) is 5.28 Å². The standard InChI is InChI=1S/C18H18ClN5O6S2/c1-12-3-2-4-14(11-12)21-18-23-16(19)22-17(24-18)20-13-5-7-15(8-6-13)31(25,26)10-9-30-32(27,28)29/h2-8,11H,9-10H2,1H3,(H,27,28,29)(H2,20,21,22,23,24). The zero-order chi connectivity index (χ0) is 23.4. The Labute approximate surface area is 189 Å². The molecule has 14 heteroatoms. The Morgan fingerprint density at radius 1 is 0.938 bits per heavy atom. The second kappa shape index (κ2) is 9.75. The van der Waals surface area contributed by atoms with E-state index in [1.165, 1.54) is 24.3 Å². The molecule has 0 bridgehead atoms. The van der Waals surface area contributed by atoms with Crippen LogP contribution in [0.3, 0.4) is 0 Å². The molecule has 0 saturated heterocycles. The predicted molar refractivity (Wildman–Crippen MR) is 119 cm³/mol. The van der Waals surface area contributed by atoms with Gasteiger partial charge in [0.15, 0.2) is 9.84 Å². The maximum atomic E-state index is 12.2. The molecule has 0 radical (unpaired) electrons. The molecule has 170 valence electrons. The van der Waals surface area contributed by atoms with E-state index >= 15 is 0 Å². The number of rotatable bonds is 9. The normalized spacial score (nSPS) is 11.8. The van der Waals surface area contributed by atoms with Crippen molar-refractivity contribution in [1.29, 1.82) is 0 Å². The second-order valence-corrected chi connectivity index (χ2v) is 10.0. The lowest BCUT2D eigenvalue weighted by Crippen LogP contribution is -2.15. The first-order chi connectivity index (χ1) is 15.0. The first-order valence-corrected chi connectivity index (χ1v) is 12.4. The molecule has 0 saturated carbocycles. The van der Waals surface area contributed by atoms with Crippen molar-refractivity contribution in [2.24, 2.45) is 0 Å². The van der Waals surface area contributed by atoms with E-state index in [1.807, 2.05) is 31.2 Å². The minimum atomic E-state index is -4.71.